The van der Waals surface area contributed by atoms with Gasteiger partial charge in [0.2, 0.25) is 5.91 Å². The Morgan fingerprint density at radius 3 is 2.89 bits per heavy atom. The van der Waals surface area contributed by atoms with E-state index in [0.717, 1.165) is 49.6 Å². The molecule has 0 unspecified atom stereocenters. The number of hydrogen-bond donors (Lipinski definition) is 2. The zero-order valence-corrected chi connectivity index (χ0v) is 15.5. The molecule has 1 aliphatic carbocycles. The normalized spacial score (nSPS) is 23.0. The number of nitrogens with one attached hydrogen (secondary N) is 2. The molecule has 1 saturated carbocycles. The molecule has 7 heteroatoms. The standard InChI is InChI=1S/C20H24N6O/c1-13-22-19(25-24-13)17-8-9-26(11-16-5-3-2-4-15(16)10-21)12-18(17)23-20(27)14-6-7-14/h2-5,14,17-18H,6-9,11-12H2,1H3,(H,23,27)(H,22,24,25)/t17-,18+/m0/s1. The van der Waals surface area contributed by atoms with Crippen molar-refractivity contribution in [3.63, 3.8) is 0 Å². The number of rotatable bonds is 5. The van der Waals surface area contributed by atoms with Crippen LogP contribution in [0.15, 0.2) is 24.3 Å². The van der Waals surface area contributed by atoms with Gasteiger partial charge in [0, 0.05) is 24.9 Å². The summed E-state index contributed by atoms with van der Waals surface area (Å²) in [6, 6.07) is 9.96. The molecule has 1 aromatic heterocycles. The Morgan fingerprint density at radius 1 is 1.37 bits per heavy atom. The predicted octanol–water partition coefficient (Wildman–Crippen LogP) is 1.87. The monoisotopic (exact) mass is 364 g/mol. The number of nitrogens with zero attached hydrogens (tertiary/aromatic N) is 4. The molecule has 1 saturated heterocycles. The molecule has 1 aromatic carbocycles. The fraction of sp³-hybridized carbons (Fsp3) is 0.500. The maximum atomic E-state index is 12.4. The van der Waals surface area contributed by atoms with Crippen LogP contribution in [-0.4, -0.2) is 45.1 Å². The minimum Gasteiger partial charge on any atom is -0.351 e. The van der Waals surface area contributed by atoms with E-state index in [2.05, 4.69) is 31.5 Å². The number of carbonyl (C=O) groups is 1. The van der Waals surface area contributed by atoms with Crippen molar-refractivity contribution in [1.82, 2.24) is 25.4 Å². The van der Waals surface area contributed by atoms with Gasteiger partial charge in [-0.15, -0.1) is 0 Å². The van der Waals surface area contributed by atoms with E-state index >= 15 is 0 Å². The Morgan fingerprint density at radius 2 is 2.19 bits per heavy atom. The van der Waals surface area contributed by atoms with Gasteiger partial charge in [-0.25, -0.2) is 4.98 Å². The van der Waals surface area contributed by atoms with Crippen molar-refractivity contribution in [1.29, 1.82) is 5.26 Å². The number of benzene rings is 1. The number of amides is 1. The van der Waals surface area contributed by atoms with E-state index in [1.807, 2.05) is 31.2 Å². The minimum atomic E-state index is -0.0173. The molecule has 0 radical (unpaired) electrons. The first kappa shape index (κ1) is 17.7. The second-order valence-corrected chi connectivity index (χ2v) is 7.57. The maximum absolute atomic E-state index is 12.4. The van der Waals surface area contributed by atoms with E-state index in [4.69, 9.17) is 0 Å². The molecule has 1 amide bonds. The Kier molecular flexibility index (Phi) is 4.90. The second-order valence-electron chi connectivity index (χ2n) is 7.57. The lowest BCUT2D eigenvalue weighted by Crippen LogP contribution is -2.52. The van der Waals surface area contributed by atoms with Gasteiger partial charge in [0.15, 0.2) is 5.82 Å². The van der Waals surface area contributed by atoms with Crippen LogP contribution in [0.3, 0.4) is 0 Å². The van der Waals surface area contributed by atoms with Gasteiger partial charge in [0.1, 0.15) is 5.82 Å². The molecule has 2 heterocycles. The second kappa shape index (κ2) is 7.49. The van der Waals surface area contributed by atoms with Crippen LogP contribution in [0.25, 0.3) is 0 Å². The van der Waals surface area contributed by atoms with Crippen molar-refractivity contribution in [2.45, 2.75) is 44.7 Å². The quantitative estimate of drug-likeness (QED) is 0.844. The zero-order valence-electron chi connectivity index (χ0n) is 15.5. The van der Waals surface area contributed by atoms with Crippen molar-refractivity contribution in [2.24, 2.45) is 5.92 Å². The summed E-state index contributed by atoms with van der Waals surface area (Å²) in [6.07, 6.45) is 2.85. The number of carbonyl (C=O) groups excluding carboxylic acids is 1. The van der Waals surface area contributed by atoms with E-state index in [1.54, 1.807) is 0 Å². The smallest absolute Gasteiger partial charge is 0.223 e. The number of likely N-dealkylation sites (tertiary alicyclic amines) is 1. The van der Waals surface area contributed by atoms with Crippen LogP contribution < -0.4 is 5.32 Å². The van der Waals surface area contributed by atoms with Gasteiger partial charge in [-0.2, -0.15) is 10.4 Å². The molecule has 2 atom stereocenters. The van der Waals surface area contributed by atoms with Gasteiger partial charge >= 0.3 is 0 Å². The number of aromatic amines is 1. The zero-order chi connectivity index (χ0) is 18.8. The first-order chi connectivity index (χ1) is 13.1. The lowest BCUT2D eigenvalue weighted by atomic mass is 9.90. The largest absolute Gasteiger partial charge is 0.351 e. The highest BCUT2D eigenvalue weighted by atomic mass is 16.2. The summed E-state index contributed by atoms with van der Waals surface area (Å²) in [6.45, 7) is 4.21. The molecule has 2 aliphatic rings. The van der Waals surface area contributed by atoms with Crippen molar-refractivity contribution in [3.8, 4) is 6.07 Å². The Bertz CT molecular complexity index is 865. The molecule has 27 heavy (non-hydrogen) atoms. The van der Waals surface area contributed by atoms with Gasteiger partial charge in [-0.05, 0) is 44.4 Å². The summed E-state index contributed by atoms with van der Waals surface area (Å²) in [7, 11) is 0. The number of hydrogen-bond acceptors (Lipinski definition) is 5. The molecule has 2 fully saturated rings. The molecule has 1 aliphatic heterocycles. The number of aryl methyl sites for hydroxylation is 1. The molecule has 4 rings (SSSR count). The first-order valence-electron chi connectivity index (χ1n) is 9.53. The highest BCUT2D eigenvalue weighted by molar-refractivity contribution is 5.81. The third kappa shape index (κ3) is 4.01. The van der Waals surface area contributed by atoms with E-state index in [1.165, 1.54) is 0 Å². The maximum Gasteiger partial charge on any atom is 0.223 e. The van der Waals surface area contributed by atoms with Crippen LogP contribution in [0.4, 0.5) is 0 Å². The Labute approximate surface area is 158 Å². The van der Waals surface area contributed by atoms with Crippen molar-refractivity contribution >= 4 is 5.91 Å². The summed E-state index contributed by atoms with van der Waals surface area (Å²) in [5, 5.41) is 19.8. The summed E-state index contributed by atoms with van der Waals surface area (Å²) in [4.78, 5) is 19.2. The first-order valence-corrected chi connectivity index (χ1v) is 9.53. The predicted molar refractivity (Wildman–Crippen MR) is 99.6 cm³/mol. The van der Waals surface area contributed by atoms with Crippen LogP contribution in [0.5, 0.6) is 0 Å². The molecular formula is C20H24N6O. The Balaban J connectivity index is 1.50. The summed E-state index contributed by atoms with van der Waals surface area (Å²) < 4.78 is 0. The third-order valence-corrected chi connectivity index (χ3v) is 5.45. The molecule has 2 aromatic rings. The van der Waals surface area contributed by atoms with Crippen LogP contribution in [-0.2, 0) is 11.3 Å². The molecule has 140 valence electrons. The van der Waals surface area contributed by atoms with Gasteiger partial charge in [0.05, 0.1) is 17.7 Å². The minimum absolute atomic E-state index is 0.0173. The van der Waals surface area contributed by atoms with Crippen molar-refractivity contribution in [3.05, 3.63) is 47.0 Å². The SMILES string of the molecule is Cc1nc([C@H]2CCN(Cc3ccccc3C#N)C[C@H]2NC(=O)C2CC2)n[nH]1. The fourth-order valence-electron chi connectivity index (χ4n) is 3.80. The number of H-pyrrole nitrogens is 1. The highest BCUT2D eigenvalue weighted by Gasteiger charge is 2.37. The highest BCUT2D eigenvalue weighted by Crippen LogP contribution is 2.32. The average molecular weight is 364 g/mol. The van der Waals surface area contributed by atoms with Crippen LogP contribution in [0, 0.1) is 24.2 Å². The Hall–Kier alpha value is -2.72. The van der Waals surface area contributed by atoms with Crippen LogP contribution >= 0.6 is 0 Å². The van der Waals surface area contributed by atoms with E-state index < -0.39 is 0 Å². The number of nitriles is 1. The van der Waals surface area contributed by atoms with Crippen LogP contribution in [0.2, 0.25) is 0 Å². The lowest BCUT2D eigenvalue weighted by Gasteiger charge is -2.38. The molecule has 0 spiro atoms. The summed E-state index contributed by atoms with van der Waals surface area (Å²) in [5.41, 5.74) is 1.74. The molecule has 0 bridgehead atoms. The number of aromatic nitrogens is 3. The van der Waals surface area contributed by atoms with Crippen molar-refractivity contribution in [2.75, 3.05) is 13.1 Å². The van der Waals surface area contributed by atoms with E-state index in [9.17, 15) is 10.1 Å². The van der Waals surface area contributed by atoms with Gasteiger partial charge in [0.25, 0.3) is 0 Å². The van der Waals surface area contributed by atoms with Gasteiger partial charge in [-0.1, -0.05) is 18.2 Å². The molecule has 7 nitrogen and oxygen atoms in total. The average Bonchev–Trinajstić information content (AvgIpc) is 3.44. The van der Waals surface area contributed by atoms with Crippen LogP contribution in [0.1, 0.15) is 48.0 Å². The lowest BCUT2D eigenvalue weighted by molar-refractivity contribution is -0.123. The summed E-state index contributed by atoms with van der Waals surface area (Å²) >= 11 is 0. The number of piperidine rings is 1. The third-order valence-electron chi connectivity index (χ3n) is 5.45. The molecule has 2 N–H and O–H groups in total. The topological polar surface area (TPSA) is 97.7 Å². The van der Waals surface area contributed by atoms with Gasteiger partial charge in [-0.3, -0.25) is 14.8 Å². The van der Waals surface area contributed by atoms with E-state index in [0.29, 0.717) is 12.1 Å². The summed E-state index contributed by atoms with van der Waals surface area (Å²) in [5.74, 6) is 2.01. The fourth-order valence-corrected chi connectivity index (χ4v) is 3.80. The van der Waals surface area contributed by atoms with E-state index in [-0.39, 0.29) is 23.8 Å². The molecular weight excluding hydrogens is 340 g/mol. The van der Waals surface area contributed by atoms with Crippen molar-refractivity contribution < 1.29 is 4.79 Å². The van der Waals surface area contributed by atoms with Gasteiger partial charge < -0.3 is 5.32 Å².